The van der Waals surface area contributed by atoms with Gasteiger partial charge in [0.15, 0.2) is 0 Å². The van der Waals surface area contributed by atoms with E-state index in [-0.39, 0.29) is 17.9 Å². The van der Waals surface area contributed by atoms with Gasteiger partial charge in [0.05, 0.1) is 0 Å². The summed E-state index contributed by atoms with van der Waals surface area (Å²) in [5.41, 5.74) is 1.66. The highest BCUT2D eigenvalue weighted by Crippen LogP contribution is 2.14. The standard InChI is InChI=1S/C21H24N2O3/c1-16(24)23-13-11-19(12-14-23)22-21(25)18-9-7-17(8-10-18)15-26-20-5-3-2-4-6-20/h2-10,19H,11-15H2,1H3,(H,22,25). The average molecular weight is 352 g/mol. The van der Waals surface area contributed by atoms with Crippen molar-refractivity contribution in [1.29, 1.82) is 0 Å². The number of piperidine rings is 1. The summed E-state index contributed by atoms with van der Waals surface area (Å²) in [5, 5.41) is 3.06. The molecule has 1 aliphatic rings. The molecule has 1 fully saturated rings. The van der Waals surface area contributed by atoms with Crippen molar-refractivity contribution in [1.82, 2.24) is 10.2 Å². The van der Waals surface area contributed by atoms with E-state index in [1.807, 2.05) is 59.5 Å². The second-order valence-corrected chi connectivity index (χ2v) is 6.55. The van der Waals surface area contributed by atoms with Gasteiger partial charge < -0.3 is 15.0 Å². The third-order valence-electron chi connectivity index (χ3n) is 4.64. The molecule has 0 saturated carbocycles. The molecule has 1 aliphatic heterocycles. The van der Waals surface area contributed by atoms with Crippen molar-refractivity contribution in [3.05, 3.63) is 65.7 Å². The maximum absolute atomic E-state index is 12.4. The predicted molar refractivity (Wildman–Crippen MR) is 100.0 cm³/mol. The van der Waals surface area contributed by atoms with Gasteiger partial charge in [-0.15, -0.1) is 0 Å². The van der Waals surface area contributed by atoms with Gasteiger partial charge in [0.2, 0.25) is 5.91 Å². The lowest BCUT2D eigenvalue weighted by Gasteiger charge is -2.31. The highest BCUT2D eigenvalue weighted by molar-refractivity contribution is 5.94. The Kier molecular flexibility index (Phi) is 5.89. The summed E-state index contributed by atoms with van der Waals surface area (Å²) in [5.74, 6) is 0.858. The highest BCUT2D eigenvalue weighted by atomic mass is 16.5. The van der Waals surface area contributed by atoms with Gasteiger partial charge in [0, 0.05) is 31.6 Å². The number of rotatable bonds is 5. The van der Waals surface area contributed by atoms with Gasteiger partial charge in [-0.2, -0.15) is 0 Å². The molecule has 0 atom stereocenters. The summed E-state index contributed by atoms with van der Waals surface area (Å²) in [7, 11) is 0. The highest BCUT2D eigenvalue weighted by Gasteiger charge is 2.22. The molecule has 1 heterocycles. The monoisotopic (exact) mass is 352 g/mol. The molecule has 0 aromatic heterocycles. The molecule has 0 radical (unpaired) electrons. The Morgan fingerprint density at radius 3 is 2.31 bits per heavy atom. The van der Waals surface area contributed by atoms with Crippen LogP contribution >= 0.6 is 0 Å². The molecule has 0 bridgehead atoms. The molecular formula is C21H24N2O3. The van der Waals surface area contributed by atoms with Gasteiger partial charge in [-0.1, -0.05) is 30.3 Å². The summed E-state index contributed by atoms with van der Waals surface area (Å²) < 4.78 is 5.71. The number of para-hydroxylation sites is 1. The molecule has 2 aromatic carbocycles. The number of benzene rings is 2. The zero-order valence-electron chi connectivity index (χ0n) is 15.0. The van der Waals surface area contributed by atoms with Crippen molar-refractivity contribution >= 4 is 11.8 Å². The van der Waals surface area contributed by atoms with Crippen molar-refractivity contribution < 1.29 is 14.3 Å². The normalized spacial score (nSPS) is 14.7. The van der Waals surface area contributed by atoms with Gasteiger partial charge in [0.1, 0.15) is 12.4 Å². The molecule has 2 aromatic rings. The van der Waals surface area contributed by atoms with Crippen LogP contribution in [0.5, 0.6) is 5.75 Å². The zero-order valence-corrected chi connectivity index (χ0v) is 15.0. The van der Waals surface area contributed by atoms with E-state index in [2.05, 4.69) is 5.32 Å². The van der Waals surface area contributed by atoms with Crippen LogP contribution in [-0.4, -0.2) is 35.8 Å². The van der Waals surface area contributed by atoms with E-state index in [1.165, 1.54) is 0 Å². The first-order valence-corrected chi connectivity index (χ1v) is 8.95. The van der Waals surface area contributed by atoms with Gasteiger partial charge in [0.25, 0.3) is 5.91 Å². The van der Waals surface area contributed by atoms with Crippen molar-refractivity contribution in [2.24, 2.45) is 0 Å². The summed E-state index contributed by atoms with van der Waals surface area (Å²) in [6.07, 6.45) is 1.60. The van der Waals surface area contributed by atoms with E-state index >= 15 is 0 Å². The minimum absolute atomic E-state index is 0.0678. The van der Waals surface area contributed by atoms with Crippen LogP contribution in [0.4, 0.5) is 0 Å². The SMILES string of the molecule is CC(=O)N1CCC(NC(=O)c2ccc(COc3ccccc3)cc2)CC1. The number of hydrogen-bond acceptors (Lipinski definition) is 3. The first-order chi connectivity index (χ1) is 12.6. The second-order valence-electron chi connectivity index (χ2n) is 6.55. The van der Waals surface area contributed by atoms with Crippen molar-refractivity contribution in [2.75, 3.05) is 13.1 Å². The Labute approximate surface area is 154 Å². The Bertz CT molecular complexity index is 736. The fourth-order valence-corrected chi connectivity index (χ4v) is 3.04. The maximum Gasteiger partial charge on any atom is 0.251 e. The second kappa shape index (κ2) is 8.52. The van der Waals surface area contributed by atoms with Crippen LogP contribution in [0.15, 0.2) is 54.6 Å². The smallest absolute Gasteiger partial charge is 0.251 e. The lowest BCUT2D eigenvalue weighted by Crippen LogP contribution is -2.45. The summed E-state index contributed by atoms with van der Waals surface area (Å²) >= 11 is 0. The maximum atomic E-state index is 12.4. The van der Waals surface area contributed by atoms with Crippen LogP contribution in [0.3, 0.4) is 0 Å². The topological polar surface area (TPSA) is 58.6 Å². The number of ether oxygens (including phenoxy) is 1. The van der Waals surface area contributed by atoms with Crippen molar-refractivity contribution in [2.45, 2.75) is 32.4 Å². The number of carbonyl (C=O) groups excluding carboxylic acids is 2. The molecule has 2 amide bonds. The molecular weight excluding hydrogens is 328 g/mol. The number of hydrogen-bond donors (Lipinski definition) is 1. The molecule has 1 N–H and O–H groups in total. The van der Waals surface area contributed by atoms with E-state index in [0.29, 0.717) is 25.3 Å². The Balaban J connectivity index is 1.48. The number of likely N-dealkylation sites (tertiary alicyclic amines) is 1. The molecule has 136 valence electrons. The van der Waals surface area contributed by atoms with E-state index in [1.54, 1.807) is 6.92 Å². The number of nitrogens with one attached hydrogen (secondary N) is 1. The van der Waals surface area contributed by atoms with Crippen LogP contribution < -0.4 is 10.1 Å². The van der Waals surface area contributed by atoms with Crippen molar-refractivity contribution in [3.63, 3.8) is 0 Å². The predicted octanol–water partition coefficient (Wildman–Crippen LogP) is 3.01. The van der Waals surface area contributed by atoms with Crippen LogP contribution in [0.25, 0.3) is 0 Å². The molecule has 3 rings (SSSR count). The van der Waals surface area contributed by atoms with E-state index < -0.39 is 0 Å². The fourth-order valence-electron chi connectivity index (χ4n) is 3.04. The molecule has 1 saturated heterocycles. The first-order valence-electron chi connectivity index (χ1n) is 8.95. The summed E-state index contributed by atoms with van der Waals surface area (Å²) in [6, 6.07) is 17.2. The minimum Gasteiger partial charge on any atom is -0.489 e. The number of carbonyl (C=O) groups is 2. The summed E-state index contributed by atoms with van der Waals surface area (Å²) in [4.78, 5) is 25.6. The fraction of sp³-hybridized carbons (Fsp3) is 0.333. The van der Waals surface area contributed by atoms with Crippen molar-refractivity contribution in [3.8, 4) is 5.75 Å². The first kappa shape index (κ1) is 18.0. The quantitative estimate of drug-likeness (QED) is 0.900. The molecule has 26 heavy (non-hydrogen) atoms. The Morgan fingerprint density at radius 2 is 1.69 bits per heavy atom. The lowest BCUT2D eigenvalue weighted by atomic mass is 10.0. The largest absolute Gasteiger partial charge is 0.489 e. The molecule has 5 heteroatoms. The Morgan fingerprint density at radius 1 is 1.04 bits per heavy atom. The van der Waals surface area contributed by atoms with E-state index in [4.69, 9.17) is 4.74 Å². The van der Waals surface area contributed by atoms with Crippen LogP contribution in [0.1, 0.15) is 35.7 Å². The van der Waals surface area contributed by atoms with Gasteiger partial charge in [-0.05, 0) is 42.7 Å². The molecule has 0 spiro atoms. The molecule has 0 aliphatic carbocycles. The van der Waals surface area contributed by atoms with Crippen LogP contribution in [0.2, 0.25) is 0 Å². The number of nitrogens with zero attached hydrogens (tertiary/aromatic N) is 1. The third kappa shape index (κ3) is 4.85. The van der Waals surface area contributed by atoms with E-state index in [9.17, 15) is 9.59 Å². The lowest BCUT2D eigenvalue weighted by molar-refractivity contribution is -0.129. The van der Waals surface area contributed by atoms with Crippen LogP contribution in [0, 0.1) is 0 Å². The zero-order chi connectivity index (χ0) is 18.4. The van der Waals surface area contributed by atoms with Gasteiger partial charge in [-0.25, -0.2) is 0 Å². The molecule has 0 unspecified atom stereocenters. The molecule has 5 nitrogen and oxygen atoms in total. The van der Waals surface area contributed by atoms with Gasteiger partial charge >= 0.3 is 0 Å². The van der Waals surface area contributed by atoms with Crippen LogP contribution in [-0.2, 0) is 11.4 Å². The summed E-state index contributed by atoms with van der Waals surface area (Å²) in [6.45, 7) is 3.46. The minimum atomic E-state index is -0.0678. The third-order valence-corrected chi connectivity index (χ3v) is 4.64. The Hall–Kier alpha value is -2.82. The number of amides is 2. The van der Waals surface area contributed by atoms with E-state index in [0.717, 1.165) is 24.2 Å². The van der Waals surface area contributed by atoms with Gasteiger partial charge in [-0.3, -0.25) is 9.59 Å². The average Bonchev–Trinajstić information content (AvgIpc) is 2.68.